The molecule has 1 atom stereocenters. The van der Waals surface area contributed by atoms with E-state index in [1.807, 2.05) is 42.5 Å². The minimum Gasteiger partial charge on any atom is -0.426 e. The average Bonchev–Trinajstić information content (AvgIpc) is 2.65. The summed E-state index contributed by atoms with van der Waals surface area (Å²) in [5.74, 6) is 0.382. The highest BCUT2D eigenvalue weighted by atomic mass is 35.5. The summed E-state index contributed by atoms with van der Waals surface area (Å²) in [7, 11) is 0. The van der Waals surface area contributed by atoms with Crippen LogP contribution in [0.5, 0.6) is 5.75 Å². The number of aryl methyl sites for hydroxylation is 1. The smallest absolute Gasteiger partial charge is 0.308 e. The molecule has 146 valence electrons. The fourth-order valence-electron chi connectivity index (χ4n) is 2.98. The highest BCUT2D eigenvalue weighted by Crippen LogP contribution is 2.22. The third-order valence-corrected chi connectivity index (χ3v) is 4.72. The molecule has 0 radical (unpaired) electrons. The van der Waals surface area contributed by atoms with Gasteiger partial charge in [0.05, 0.1) is 6.10 Å². The summed E-state index contributed by atoms with van der Waals surface area (Å²) < 4.78 is 5.24. The Morgan fingerprint density at radius 1 is 1.07 bits per heavy atom. The van der Waals surface area contributed by atoms with Gasteiger partial charge in [0.1, 0.15) is 5.75 Å². The van der Waals surface area contributed by atoms with E-state index in [1.165, 1.54) is 6.92 Å². The molecule has 2 aromatic carbocycles. The molecule has 0 aliphatic heterocycles. The van der Waals surface area contributed by atoms with E-state index in [4.69, 9.17) is 16.3 Å². The molecule has 1 unspecified atom stereocenters. The molecule has 0 bridgehead atoms. The lowest BCUT2D eigenvalue weighted by molar-refractivity contribution is -0.131. The van der Waals surface area contributed by atoms with Gasteiger partial charge < -0.3 is 15.2 Å². The second-order valence-corrected chi connectivity index (χ2v) is 7.01. The molecule has 0 aliphatic carbocycles. The third-order valence-electron chi connectivity index (χ3n) is 4.38. The zero-order valence-corrected chi connectivity index (χ0v) is 16.5. The number of benzene rings is 2. The zero-order chi connectivity index (χ0) is 19.5. The van der Waals surface area contributed by atoms with Gasteiger partial charge in [0.25, 0.3) is 0 Å². The van der Waals surface area contributed by atoms with Gasteiger partial charge >= 0.3 is 5.97 Å². The summed E-state index contributed by atoms with van der Waals surface area (Å²) in [6.45, 7) is 2.79. The standard InChI is InChI=1S/C22H28ClNO3/c1-17(25)27-22-14-8-5-11-18(22)10-4-2-3-9-15-24-16-21(26)19-12-6-7-13-20(19)23/h5-8,11-14,21,24,26H,2-4,9-10,15-16H2,1H3. The number of para-hydroxylation sites is 1. The first-order chi connectivity index (χ1) is 13.1. The van der Waals surface area contributed by atoms with Crippen LogP contribution in [0.2, 0.25) is 5.02 Å². The van der Waals surface area contributed by atoms with Crippen LogP contribution in [0.15, 0.2) is 48.5 Å². The molecule has 27 heavy (non-hydrogen) atoms. The van der Waals surface area contributed by atoms with Crippen molar-refractivity contribution in [2.75, 3.05) is 13.1 Å². The molecule has 0 aliphatic rings. The lowest BCUT2D eigenvalue weighted by Gasteiger charge is -2.13. The Bertz CT molecular complexity index is 720. The second kappa shape index (κ2) is 11.8. The fraction of sp³-hybridized carbons (Fsp3) is 0.409. The van der Waals surface area contributed by atoms with Crippen molar-refractivity contribution in [1.29, 1.82) is 0 Å². The Balaban J connectivity index is 1.58. The van der Waals surface area contributed by atoms with E-state index in [0.717, 1.165) is 49.8 Å². The molecule has 0 saturated carbocycles. The summed E-state index contributed by atoms with van der Waals surface area (Å²) in [5.41, 5.74) is 1.84. The van der Waals surface area contributed by atoms with Crippen LogP contribution in [0.25, 0.3) is 0 Å². The molecule has 0 aromatic heterocycles. The highest BCUT2D eigenvalue weighted by molar-refractivity contribution is 6.31. The van der Waals surface area contributed by atoms with Gasteiger partial charge in [0, 0.05) is 24.1 Å². The molecule has 2 rings (SSSR count). The van der Waals surface area contributed by atoms with Crippen molar-refractivity contribution in [2.24, 2.45) is 0 Å². The van der Waals surface area contributed by atoms with E-state index >= 15 is 0 Å². The molecular formula is C22H28ClNO3. The van der Waals surface area contributed by atoms with Gasteiger partial charge in [0.15, 0.2) is 0 Å². The van der Waals surface area contributed by atoms with E-state index in [-0.39, 0.29) is 5.97 Å². The van der Waals surface area contributed by atoms with Crippen LogP contribution >= 0.6 is 11.6 Å². The van der Waals surface area contributed by atoms with Gasteiger partial charge in [-0.25, -0.2) is 0 Å². The van der Waals surface area contributed by atoms with Crippen LogP contribution in [0.3, 0.4) is 0 Å². The van der Waals surface area contributed by atoms with Crippen molar-refractivity contribution in [3.63, 3.8) is 0 Å². The number of carbonyl (C=O) groups excluding carboxylic acids is 1. The van der Waals surface area contributed by atoms with E-state index in [1.54, 1.807) is 6.07 Å². The molecule has 0 saturated heterocycles. The first-order valence-corrected chi connectivity index (χ1v) is 9.85. The molecule has 2 N–H and O–H groups in total. The molecule has 0 spiro atoms. The summed E-state index contributed by atoms with van der Waals surface area (Å²) >= 11 is 6.09. The van der Waals surface area contributed by atoms with E-state index < -0.39 is 6.10 Å². The Morgan fingerprint density at radius 3 is 2.56 bits per heavy atom. The predicted molar refractivity (Wildman–Crippen MR) is 109 cm³/mol. The maximum Gasteiger partial charge on any atom is 0.308 e. The molecule has 4 nitrogen and oxygen atoms in total. The van der Waals surface area contributed by atoms with Crippen molar-refractivity contribution in [3.05, 3.63) is 64.7 Å². The van der Waals surface area contributed by atoms with Gasteiger partial charge in [-0.1, -0.05) is 60.8 Å². The lowest BCUT2D eigenvalue weighted by atomic mass is 10.1. The number of esters is 1. The van der Waals surface area contributed by atoms with Crippen LogP contribution in [-0.4, -0.2) is 24.2 Å². The summed E-state index contributed by atoms with van der Waals surface area (Å²) in [6.07, 6.45) is 4.66. The maximum absolute atomic E-state index is 11.1. The summed E-state index contributed by atoms with van der Waals surface area (Å²) in [6, 6.07) is 15.1. The number of unbranched alkanes of at least 4 members (excludes halogenated alkanes) is 3. The summed E-state index contributed by atoms with van der Waals surface area (Å²) in [4.78, 5) is 11.1. The van der Waals surface area contributed by atoms with Crippen LogP contribution < -0.4 is 10.1 Å². The van der Waals surface area contributed by atoms with Crippen LogP contribution in [0.1, 0.15) is 49.8 Å². The van der Waals surface area contributed by atoms with Crippen LogP contribution in [0, 0.1) is 0 Å². The number of aliphatic hydroxyl groups is 1. The number of nitrogens with one attached hydrogen (secondary N) is 1. The predicted octanol–water partition coefficient (Wildman–Crippen LogP) is 4.69. The first kappa shape index (κ1) is 21.4. The number of ether oxygens (including phenoxy) is 1. The van der Waals surface area contributed by atoms with Gasteiger partial charge in [-0.15, -0.1) is 0 Å². The van der Waals surface area contributed by atoms with Crippen LogP contribution in [0.4, 0.5) is 0 Å². The number of hydrogen-bond acceptors (Lipinski definition) is 4. The zero-order valence-electron chi connectivity index (χ0n) is 15.8. The Hall–Kier alpha value is -1.88. The quantitative estimate of drug-likeness (QED) is 0.332. The Morgan fingerprint density at radius 2 is 1.78 bits per heavy atom. The SMILES string of the molecule is CC(=O)Oc1ccccc1CCCCCCNCC(O)c1ccccc1Cl. The molecular weight excluding hydrogens is 362 g/mol. The fourth-order valence-corrected chi connectivity index (χ4v) is 3.24. The third kappa shape index (κ3) is 7.71. The van der Waals surface area contributed by atoms with Gasteiger partial charge in [0.2, 0.25) is 0 Å². The van der Waals surface area contributed by atoms with Gasteiger partial charge in [-0.3, -0.25) is 4.79 Å². The van der Waals surface area contributed by atoms with Crippen molar-refractivity contribution >= 4 is 17.6 Å². The van der Waals surface area contributed by atoms with Gasteiger partial charge in [-0.2, -0.15) is 0 Å². The lowest BCUT2D eigenvalue weighted by Crippen LogP contribution is -2.22. The maximum atomic E-state index is 11.1. The number of hydrogen-bond donors (Lipinski definition) is 2. The Kier molecular flexibility index (Phi) is 9.32. The number of aliphatic hydroxyl groups excluding tert-OH is 1. The molecule has 0 amide bonds. The average molecular weight is 390 g/mol. The number of carbonyl (C=O) groups is 1. The van der Waals surface area contributed by atoms with Crippen LogP contribution in [-0.2, 0) is 11.2 Å². The highest BCUT2D eigenvalue weighted by Gasteiger charge is 2.10. The van der Waals surface area contributed by atoms with Crippen molar-refractivity contribution in [3.8, 4) is 5.75 Å². The minimum atomic E-state index is -0.587. The number of rotatable bonds is 11. The van der Waals surface area contributed by atoms with Crippen molar-refractivity contribution in [1.82, 2.24) is 5.32 Å². The number of halogens is 1. The normalized spacial score (nSPS) is 12.0. The van der Waals surface area contributed by atoms with E-state index in [9.17, 15) is 9.90 Å². The topological polar surface area (TPSA) is 58.6 Å². The largest absolute Gasteiger partial charge is 0.426 e. The van der Waals surface area contributed by atoms with Crippen molar-refractivity contribution in [2.45, 2.75) is 45.1 Å². The molecule has 5 heteroatoms. The summed E-state index contributed by atoms with van der Waals surface area (Å²) in [5, 5.41) is 14.1. The molecule has 0 fully saturated rings. The first-order valence-electron chi connectivity index (χ1n) is 9.47. The van der Waals surface area contributed by atoms with Crippen molar-refractivity contribution < 1.29 is 14.6 Å². The van der Waals surface area contributed by atoms with E-state index in [0.29, 0.717) is 17.3 Å². The van der Waals surface area contributed by atoms with Gasteiger partial charge in [-0.05, 0) is 43.5 Å². The second-order valence-electron chi connectivity index (χ2n) is 6.61. The monoisotopic (exact) mass is 389 g/mol. The molecule has 0 heterocycles. The molecule has 2 aromatic rings. The minimum absolute atomic E-state index is 0.285. The Labute approximate surface area is 166 Å². The van der Waals surface area contributed by atoms with E-state index in [2.05, 4.69) is 5.32 Å².